The Kier molecular flexibility index (Phi) is 15.8. The van der Waals surface area contributed by atoms with Crippen LogP contribution in [0.25, 0.3) is 11.1 Å². The number of carbonyl (C=O) groups is 3. The molecule has 51 heavy (non-hydrogen) atoms. The van der Waals surface area contributed by atoms with Crippen LogP contribution in [0.1, 0.15) is 61.7 Å². The quantitative estimate of drug-likeness (QED) is 0.137. The number of hydrogen-bond acceptors (Lipinski definition) is 6. The predicted molar refractivity (Wildman–Crippen MR) is 208 cm³/mol. The van der Waals surface area contributed by atoms with E-state index in [1.165, 1.54) is 0 Å². The minimum Gasteiger partial charge on any atom is -0.465 e. The van der Waals surface area contributed by atoms with Crippen LogP contribution in [0.4, 0.5) is 16.2 Å². The lowest BCUT2D eigenvalue weighted by molar-refractivity contribution is -0.130. The van der Waals surface area contributed by atoms with Gasteiger partial charge in [-0.15, -0.1) is 0 Å². The predicted octanol–water partition coefficient (Wildman–Crippen LogP) is 6.53. The van der Waals surface area contributed by atoms with Gasteiger partial charge in [-0.2, -0.15) is 0 Å². The van der Waals surface area contributed by atoms with Crippen molar-refractivity contribution < 1.29 is 19.5 Å². The van der Waals surface area contributed by atoms with Crippen LogP contribution in [0.15, 0.2) is 78.9 Å². The van der Waals surface area contributed by atoms with Crippen molar-refractivity contribution in [3.8, 4) is 11.1 Å². The van der Waals surface area contributed by atoms with Crippen molar-refractivity contribution in [2.45, 2.75) is 57.4 Å². The molecule has 1 aliphatic rings. The highest BCUT2D eigenvalue weighted by Gasteiger charge is 2.30. The van der Waals surface area contributed by atoms with Gasteiger partial charge in [-0.3, -0.25) is 14.5 Å². The van der Waals surface area contributed by atoms with Crippen molar-refractivity contribution in [3.05, 3.63) is 84.4 Å². The lowest BCUT2D eigenvalue weighted by atomic mass is 9.98. The number of benzene rings is 3. The van der Waals surface area contributed by atoms with E-state index in [4.69, 9.17) is 0 Å². The standard InChI is InChI=1S/C41H58N6O4/c1-42-26-14-28-45(4)40(49)34-20-22-35(23-21-34)43(2)27-13-6-5-10-19-39(48)44(3)31-32-46-29-24-36(25-30-46)47(41(50)51)38-18-12-11-17-37(38)33-15-8-7-9-16-33/h7-9,11-12,15-18,20-23,36,42H,5-6,10,13-14,19,24-32H2,1-4H3,(H,50,51). The number of anilines is 2. The zero-order chi connectivity index (χ0) is 36.6. The maximum absolute atomic E-state index is 12.8. The fraction of sp³-hybridized carbons (Fsp3) is 0.488. The number of likely N-dealkylation sites (N-methyl/N-ethyl adjacent to an activating group) is 1. The van der Waals surface area contributed by atoms with Crippen LogP contribution in [-0.2, 0) is 4.79 Å². The Hall–Kier alpha value is -4.41. The number of hydrogen-bond donors (Lipinski definition) is 2. The Morgan fingerprint density at radius 1 is 0.765 bits per heavy atom. The summed E-state index contributed by atoms with van der Waals surface area (Å²) in [6.45, 7) is 5.60. The number of likely N-dealkylation sites (tertiary alicyclic amines) is 1. The number of piperidine rings is 1. The summed E-state index contributed by atoms with van der Waals surface area (Å²) in [4.78, 5) is 47.8. The Morgan fingerprint density at radius 3 is 2.12 bits per heavy atom. The number of amides is 3. The topological polar surface area (TPSA) is 99.7 Å². The van der Waals surface area contributed by atoms with Crippen LogP contribution >= 0.6 is 0 Å². The molecule has 3 amide bonds. The molecule has 0 spiro atoms. The zero-order valence-corrected chi connectivity index (χ0v) is 31.1. The van der Waals surface area contributed by atoms with Crippen molar-refractivity contribution >= 4 is 29.3 Å². The summed E-state index contributed by atoms with van der Waals surface area (Å²) in [6, 6.07) is 25.4. The lowest BCUT2D eigenvalue weighted by Gasteiger charge is -2.38. The van der Waals surface area contributed by atoms with Gasteiger partial charge in [0.2, 0.25) is 5.91 Å². The van der Waals surface area contributed by atoms with Gasteiger partial charge in [0.05, 0.1) is 5.69 Å². The molecule has 0 atom stereocenters. The molecule has 0 aromatic heterocycles. The van der Waals surface area contributed by atoms with Crippen molar-refractivity contribution in [1.29, 1.82) is 0 Å². The normalized spacial score (nSPS) is 13.5. The van der Waals surface area contributed by atoms with Crippen LogP contribution in [0.5, 0.6) is 0 Å². The number of nitrogens with one attached hydrogen (secondary N) is 1. The summed E-state index contributed by atoms with van der Waals surface area (Å²) in [5.74, 6) is 0.227. The number of rotatable bonds is 19. The highest BCUT2D eigenvalue weighted by atomic mass is 16.4. The number of carbonyl (C=O) groups excluding carboxylic acids is 2. The molecule has 1 heterocycles. The van der Waals surface area contributed by atoms with E-state index in [1.807, 2.05) is 105 Å². The van der Waals surface area contributed by atoms with Crippen molar-refractivity contribution in [2.75, 3.05) is 83.8 Å². The highest BCUT2D eigenvalue weighted by Crippen LogP contribution is 2.34. The molecule has 0 aliphatic carbocycles. The molecule has 3 aromatic carbocycles. The van der Waals surface area contributed by atoms with Crippen molar-refractivity contribution in [3.63, 3.8) is 0 Å². The maximum atomic E-state index is 12.8. The van der Waals surface area contributed by atoms with Gasteiger partial charge in [0, 0.05) is 89.7 Å². The average molecular weight is 699 g/mol. The number of nitrogens with zero attached hydrogens (tertiary/aromatic N) is 5. The second-order valence-corrected chi connectivity index (χ2v) is 13.7. The molecule has 1 fully saturated rings. The Morgan fingerprint density at radius 2 is 1.43 bits per heavy atom. The zero-order valence-electron chi connectivity index (χ0n) is 31.1. The minimum absolute atomic E-state index is 0.0478. The van der Waals surface area contributed by atoms with Gasteiger partial charge in [0.15, 0.2) is 0 Å². The molecule has 0 unspecified atom stereocenters. The van der Waals surface area contributed by atoms with Crippen LogP contribution in [0.3, 0.4) is 0 Å². The van der Waals surface area contributed by atoms with Crippen LogP contribution in [0.2, 0.25) is 0 Å². The van der Waals surface area contributed by atoms with Crippen molar-refractivity contribution in [1.82, 2.24) is 20.0 Å². The molecule has 1 saturated heterocycles. The SMILES string of the molecule is CNCCCN(C)C(=O)c1ccc(N(C)CCCCCCC(=O)N(C)CCN2CCC(N(C(=O)O)c3ccccc3-c3ccccc3)CC2)cc1. The monoisotopic (exact) mass is 698 g/mol. The first-order chi connectivity index (χ1) is 24.7. The van der Waals surface area contributed by atoms with Gasteiger partial charge < -0.3 is 30.0 Å². The molecule has 2 N–H and O–H groups in total. The Balaban J connectivity index is 1.11. The fourth-order valence-electron chi connectivity index (χ4n) is 6.79. The largest absolute Gasteiger partial charge is 0.465 e. The second-order valence-electron chi connectivity index (χ2n) is 13.7. The smallest absolute Gasteiger partial charge is 0.412 e. The van der Waals surface area contributed by atoms with Gasteiger partial charge in [-0.25, -0.2) is 4.79 Å². The summed E-state index contributed by atoms with van der Waals surface area (Å²) in [7, 11) is 7.73. The van der Waals surface area contributed by atoms with E-state index in [2.05, 4.69) is 22.2 Å². The number of unbranched alkanes of at least 4 members (excludes halogenated alkanes) is 3. The molecule has 0 bridgehead atoms. The van der Waals surface area contributed by atoms with Crippen LogP contribution in [-0.4, -0.2) is 118 Å². The molecular weight excluding hydrogens is 640 g/mol. The Labute approximate surface area is 305 Å². The summed E-state index contributed by atoms with van der Waals surface area (Å²) >= 11 is 0. The molecule has 4 rings (SSSR count). The van der Waals surface area contributed by atoms with E-state index in [9.17, 15) is 19.5 Å². The van der Waals surface area contributed by atoms with Gasteiger partial charge in [0.25, 0.3) is 5.91 Å². The van der Waals surface area contributed by atoms with E-state index < -0.39 is 6.09 Å². The Bertz CT molecular complexity index is 1510. The van der Waals surface area contributed by atoms with E-state index in [0.29, 0.717) is 18.5 Å². The summed E-state index contributed by atoms with van der Waals surface area (Å²) < 4.78 is 0. The second kappa shape index (κ2) is 20.4. The van der Waals surface area contributed by atoms with E-state index in [0.717, 1.165) is 107 Å². The summed E-state index contributed by atoms with van der Waals surface area (Å²) in [6.07, 6.45) is 6.07. The van der Waals surface area contributed by atoms with Crippen molar-refractivity contribution in [2.24, 2.45) is 0 Å². The third-order valence-electron chi connectivity index (χ3n) is 10.0. The molecule has 276 valence electrons. The number of carboxylic acid groups (broad SMARTS) is 1. The first-order valence-corrected chi connectivity index (χ1v) is 18.5. The molecule has 3 aromatic rings. The highest BCUT2D eigenvalue weighted by molar-refractivity contribution is 5.94. The van der Waals surface area contributed by atoms with E-state index in [-0.39, 0.29) is 17.9 Å². The maximum Gasteiger partial charge on any atom is 0.412 e. The first-order valence-electron chi connectivity index (χ1n) is 18.5. The fourth-order valence-corrected chi connectivity index (χ4v) is 6.79. The minimum atomic E-state index is -0.923. The molecule has 10 nitrogen and oxygen atoms in total. The lowest BCUT2D eigenvalue weighted by Crippen LogP contribution is -2.48. The van der Waals surface area contributed by atoms with Gasteiger partial charge in [-0.1, -0.05) is 61.4 Å². The summed E-state index contributed by atoms with van der Waals surface area (Å²) in [5, 5.41) is 13.4. The molecule has 0 radical (unpaired) electrons. The number of para-hydroxylation sites is 1. The first kappa shape index (κ1) is 39.4. The van der Waals surface area contributed by atoms with E-state index in [1.54, 1.807) is 9.80 Å². The van der Waals surface area contributed by atoms with E-state index >= 15 is 0 Å². The third-order valence-corrected chi connectivity index (χ3v) is 10.0. The average Bonchev–Trinajstić information content (AvgIpc) is 3.15. The third kappa shape index (κ3) is 11.8. The van der Waals surface area contributed by atoms with Crippen LogP contribution < -0.4 is 15.1 Å². The van der Waals surface area contributed by atoms with Gasteiger partial charge in [0.1, 0.15) is 0 Å². The molecular formula is C41H58N6O4. The molecule has 1 aliphatic heterocycles. The van der Waals surface area contributed by atoms with Gasteiger partial charge in [-0.05, 0) is 81.6 Å². The van der Waals surface area contributed by atoms with Gasteiger partial charge >= 0.3 is 6.09 Å². The molecule has 0 saturated carbocycles. The summed E-state index contributed by atoms with van der Waals surface area (Å²) in [5.41, 5.74) is 4.46. The van der Waals surface area contributed by atoms with Crippen LogP contribution in [0, 0.1) is 0 Å². The molecule has 10 heteroatoms.